The standard InChI is InChI=1S/CH3PS.H2S/c1-2-3;/h3H,1H2;1H2. The molecule has 0 atom stereocenters. The first-order valence-electron chi connectivity index (χ1n) is 0.516. The minimum absolute atomic E-state index is 0. The Morgan fingerprint density at radius 1 is 1.75 bits per heavy atom. The topological polar surface area (TPSA) is 0 Å². The van der Waals surface area contributed by atoms with E-state index in [1.165, 1.54) is 0 Å². The highest BCUT2D eigenvalue weighted by Crippen LogP contribution is 1.89. The van der Waals surface area contributed by atoms with Crippen LogP contribution < -0.4 is 0 Å². The summed E-state index contributed by atoms with van der Waals surface area (Å²) in [6.07, 6.45) is 3.32. The molecule has 0 saturated carbocycles. The summed E-state index contributed by atoms with van der Waals surface area (Å²) in [6.45, 7) is 0. The van der Waals surface area contributed by atoms with Crippen molar-refractivity contribution in [3.8, 4) is 0 Å². The van der Waals surface area contributed by atoms with Gasteiger partial charge >= 0.3 is 0 Å². The molecule has 0 aliphatic rings. The van der Waals surface area contributed by atoms with Crippen molar-refractivity contribution in [2.45, 2.75) is 0 Å². The molecule has 0 aromatic heterocycles. The zero-order valence-electron chi connectivity index (χ0n) is 2.10. The lowest BCUT2D eigenvalue weighted by molar-refractivity contribution is 4.73. The van der Waals surface area contributed by atoms with E-state index in [1.807, 2.05) is 0 Å². The molecule has 0 heterocycles. The Morgan fingerprint density at radius 3 is 1.75 bits per heavy atom. The van der Waals surface area contributed by atoms with E-state index in [4.69, 9.17) is 0 Å². The second-order valence-electron chi connectivity index (χ2n) is 0.141. The van der Waals surface area contributed by atoms with Gasteiger partial charge in [-0.25, -0.2) is 0 Å². The first-order valence-corrected chi connectivity index (χ1v) is 2.75. The Morgan fingerprint density at radius 2 is 1.75 bits per heavy atom. The summed E-state index contributed by atoms with van der Waals surface area (Å²) < 4.78 is 0. The lowest BCUT2D eigenvalue weighted by Gasteiger charge is -1.30. The molecule has 0 nitrogen and oxygen atoms in total. The van der Waals surface area contributed by atoms with Crippen LogP contribution in [-0.2, 0) is 0 Å². The van der Waals surface area contributed by atoms with Gasteiger partial charge in [0.25, 0.3) is 0 Å². The van der Waals surface area contributed by atoms with Crippen molar-refractivity contribution >= 4 is 39.4 Å². The van der Waals surface area contributed by atoms with E-state index in [9.17, 15) is 0 Å². The highest BCUT2D eigenvalue weighted by atomic mass is 32.7. The van der Waals surface area contributed by atoms with Crippen molar-refractivity contribution in [1.29, 1.82) is 0 Å². The van der Waals surface area contributed by atoms with E-state index < -0.39 is 0 Å². The third-order valence-corrected chi connectivity index (χ3v) is 0. The zero-order valence-corrected chi connectivity index (χ0v) is 4.89. The Balaban J connectivity index is 0. The fraction of sp³-hybridized carbons (Fsp3) is 0. The first kappa shape index (κ1) is 8.85. The van der Waals surface area contributed by atoms with E-state index in [1.54, 1.807) is 0 Å². The summed E-state index contributed by atoms with van der Waals surface area (Å²) >= 11 is 3.65. The van der Waals surface area contributed by atoms with Crippen molar-refractivity contribution in [2.24, 2.45) is 0 Å². The van der Waals surface area contributed by atoms with Gasteiger partial charge in [-0.05, 0) is 7.41 Å². The van der Waals surface area contributed by atoms with Gasteiger partial charge < -0.3 is 0 Å². The van der Waals surface area contributed by atoms with Gasteiger partial charge in [-0.2, -0.15) is 13.5 Å². The summed E-state index contributed by atoms with van der Waals surface area (Å²) in [7, 11) is 0.861. The molecule has 26 valence electrons. The second kappa shape index (κ2) is 9.12. The van der Waals surface area contributed by atoms with Gasteiger partial charge in [-0.15, -0.1) is 12.2 Å². The van der Waals surface area contributed by atoms with Crippen molar-refractivity contribution in [3.63, 3.8) is 0 Å². The molecule has 0 N–H and O–H groups in total. The van der Waals surface area contributed by atoms with Gasteiger partial charge in [-0.3, -0.25) is 0 Å². The van der Waals surface area contributed by atoms with Gasteiger partial charge in [0, 0.05) is 0 Å². The maximum Gasteiger partial charge on any atom is -0.0468 e. The van der Waals surface area contributed by atoms with E-state index >= 15 is 0 Å². The second-order valence-corrected chi connectivity index (χ2v) is 1.27. The average Bonchev–Trinajstić information content (AvgIpc) is 0.918. The fourth-order valence-electron chi connectivity index (χ4n) is 0. The van der Waals surface area contributed by atoms with Crippen LogP contribution in [0.25, 0.3) is 0 Å². The van der Waals surface area contributed by atoms with Crippen molar-refractivity contribution in [3.05, 3.63) is 0 Å². The minimum atomic E-state index is 0. The monoisotopic (exact) mass is 112 g/mol. The largest absolute Gasteiger partial charge is 0.197 e. The smallest absolute Gasteiger partial charge is 0.0468 e. The van der Waals surface area contributed by atoms with Gasteiger partial charge in [0.1, 0.15) is 0 Å². The van der Waals surface area contributed by atoms with Crippen molar-refractivity contribution < 1.29 is 0 Å². The summed E-state index contributed by atoms with van der Waals surface area (Å²) in [4.78, 5) is 0. The lowest BCUT2D eigenvalue weighted by Crippen LogP contribution is -0.796. The molecule has 0 radical (unpaired) electrons. The predicted octanol–water partition coefficient (Wildman–Crippen LogP) is 1.32. The maximum atomic E-state index is 3.65. The van der Waals surface area contributed by atoms with Crippen LogP contribution >= 0.6 is 33.2 Å². The molecular weight excluding hydrogens is 107 g/mol. The predicted molar refractivity (Wildman–Crippen MR) is 33.4 cm³/mol. The highest BCUT2D eigenvalue weighted by Gasteiger charge is 1.15. The zero-order chi connectivity index (χ0) is 2.71. The van der Waals surface area contributed by atoms with E-state index in [0.29, 0.717) is 0 Å². The van der Waals surface area contributed by atoms with Crippen LogP contribution in [0.1, 0.15) is 0 Å². The van der Waals surface area contributed by atoms with Gasteiger partial charge in [0.05, 0.1) is 0 Å². The molecule has 0 bridgehead atoms. The van der Waals surface area contributed by atoms with Crippen LogP contribution in [-0.4, -0.2) is 6.30 Å². The molecule has 0 aliphatic carbocycles. The summed E-state index contributed by atoms with van der Waals surface area (Å²) in [5.74, 6) is 0. The van der Waals surface area contributed by atoms with Gasteiger partial charge in [0.15, 0.2) is 0 Å². The molecule has 3 heteroatoms. The summed E-state index contributed by atoms with van der Waals surface area (Å²) in [6, 6.07) is 0. The minimum Gasteiger partial charge on any atom is -0.197 e. The molecule has 0 aromatic carbocycles. The Bertz CT molecular complexity index is 13.5. The van der Waals surface area contributed by atoms with Crippen molar-refractivity contribution in [2.75, 3.05) is 0 Å². The van der Waals surface area contributed by atoms with Gasteiger partial charge in [-0.1, -0.05) is 6.30 Å². The van der Waals surface area contributed by atoms with Crippen molar-refractivity contribution in [1.82, 2.24) is 0 Å². The van der Waals surface area contributed by atoms with Gasteiger partial charge in [0.2, 0.25) is 0 Å². The number of rotatable bonds is 0. The molecule has 0 saturated heterocycles. The fourth-order valence-corrected chi connectivity index (χ4v) is 0. The molecule has 0 aliphatic heterocycles. The Hall–Kier alpha value is 0.870. The van der Waals surface area contributed by atoms with E-state index in [2.05, 4.69) is 18.5 Å². The average molecular weight is 112 g/mol. The molecule has 0 aromatic rings. The SMILES string of the molecule is C=PS.S. The van der Waals surface area contributed by atoms with Crippen LogP contribution in [0, 0.1) is 0 Å². The number of thiol groups is 1. The molecule has 4 heavy (non-hydrogen) atoms. The summed E-state index contributed by atoms with van der Waals surface area (Å²) in [5, 5.41) is 0. The first-order chi connectivity index (χ1) is 1.41. The quantitative estimate of drug-likeness (QED) is 0.354. The normalized spacial score (nSPS) is 5.25. The van der Waals surface area contributed by atoms with Crippen LogP contribution in [0.2, 0.25) is 0 Å². The van der Waals surface area contributed by atoms with Crippen LogP contribution in [0.5, 0.6) is 0 Å². The number of hydrogen-bond donors (Lipinski definition) is 1. The molecule has 0 fully saturated rings. The molecular formula is CH5PS2. The Kier molecular flexibility index (Phi) is 20.2. The molecule has 0 rings (SSSR count). The lowest BCUT2D eigenvalue weighted by atomic mass is 12.0. The Labute approximate surface area is 40.0 Å². The molecule has 0 spiro atoms. The van der Waals surface area contributed by atoms with Crippen LogP contribution in [0.3, 0.4) is 0 Å². The maximum absolute atomic E-state index is 3.65. The van der Waals surface area contributed by atoms with E-state index in [0.717, 1.165) is 7.41 Å². The number of hydrogen-bond acceptors (Lipinski definition) is 1. The third kappa shape index (κ3) is 13.3. The van der Waals surface area contributed by atoms with Crippen LogP contribution in [0.15, 0.2) is 0 Å². The van der Waals surface area contributed by atoms with Crippen LogP contribution in [0.4, 0.5) is 0 Å². The highest BCUT2D eigenvalue weighted by molar-refractivity contribution is 8.36. The summed E-state index contributed by atoms with van der Waals surface area (Å²) in [5.41, 5.74) is 0. The third-order valence-electron chi connectivity index (χ3n) is 0. The molecule has 0 unspecified atom stereocenters. The molecule has 0 amide bonds. The van der Waals surface area contributed by atoms with E-state index in [-0.39, 0.29) is 13.5 Å².